The van der Waals surface area contributed by atoms with Crippen molar-refractivity contribution in [2.45, 2.75) is 44.0 Å². The highest BCUT2D eigenvalue weighted by molar-refractivity contribution is 7.91. The summed E-state index contributed by atoms with van der Waals surface area (Å²) < 4.78 is 58.1. The van der Waals surface area contributed by atoms with E-state index in [2.05, 4.69) is 58.9 Å². The lowest BCUT2D eigenvalue weighted by Gasteiger charge is -2.17. The number of benzene rings is 1. The fourth-order valence-electron chi connectivity index (χ4n) is 3.40. The highest BCUT2D eigenvalue weighted by Gasteiger charge is 2.21. The highest BCUT2D eigenvalue weighted by Crippen LogP contribution is 2.21. The van der Waals surface area contributed by atoms with Crippen LogP contribution in [0.1, 0.15) is 31.7 Å². The summed E-state index contributed by atoms with van der Waals surface area (Å²) in [5.41, 5.74) is 4.34. The molecule has 0 spiro atoms. The predicted molar refractivity (Wildman–Crippen MR) is 128 cm³/mol. The Morgan fingerprint density at radius 1 is 0.974 bits per heavy atom. The third-order valence-corrected chi connectivity index (χ3v) is 7.19. The summed E-state index contributed by atoms with van der Waals surface area (Å²) in [6, 6.07) is 14.3. The van der Waals surface area contributed by atoms with Gasteiger partial charge in [0.25, 0.3) is 15.9 Å². The Morgan fingerprint density at radius 2 is 1.54 bits per heavy atom. The van der Waals surface area contributed by atoms with E-state index >= 15 is 0 Å². The molecule has 2 aromatic heterocycles. The van der Waals surface area contributed by atoms with Crippen LogP contribution in [0.25, 0.3) is 11.1 Å². The molecule has 1 aromatic carbocycles. The largest absolute Gasteiger partial charge is 0.350 e. The molecule has 17 heteroatoms. The van der Waals surface area contributed by atoms with Gasteiger partial charge in [-0.3, -0.25) is 9.59 Å². The zero-order valence-corrected chi connectivity index (χ0v) is 23.3. The third kappa shape index (κ3) is 11.3. The standard InChI is InChI=1S/C22H26N6O4S2.ClHO4/c1-3-17-12-16(15-8-6-5-7-9-15)13-18(4-2)28(17)14-20(30)24-11-10-19(29)25-21-26-27-22(33-21)34(23,31)32;2-1(3,4)5/h5-9,12-13H,3-4,10-11,14H2,1-2H3,(H3-,23,24,25,26,29,30,31,32);(H,2,3,4,5). The van der Waals surface area contributed by atoms with Crippen LogP contribution in [-0.2, 0) is 39.0 Å². The Hall–Kier alpha value is -3.09. The minimum atomic E-state index is -4.94. The highest BCUT2D eigenvalue weighted by atomic mass is 35.7. The molecule has 0 saturated carbocycles. The van der Waals surface area contributed by atoms with E-state index in [0.29, 0.717) is 11.3 Å². The Labute approximate surface area is 230 Å². The third-order valence-electron chi connectivity index (χ3n) is 5.04. The zero-order chi connectivity index (χ0) is 29.2. The van der Waals surface area contributed by atoms with Crippen LogP contribution in [0.3, 0.4) is 0 Å². The number of aromatic nitrogens is 3. The lowest BCUT2D eigenvalue weighted by molar-refractivity contribution is -2.00. The second-order valence-corrected chi connectivity index (χ2v) is 11.3. The summed E-state index contributed by atoms with van der Waals surface area (Å²) in [6.07, 6.45) is 1.53. The zero-order valence-electron chi connectivity index (χ0n) is 21.0. The predicted octanol–water partition coefficient (Wildman–Crippen LogP) is -3.35. The van der Waals surface area contributed by atoms with Crippen molar-refractivity contribution in [3.63, 3.8) is 0 Å². The first-order valence-corrected chi connectivity index (χ1v) is 15.0. The smallest absolute Gasteiger partial charge is 0.286 e. The van der Waals surface area contributed by atoms with Gasteiger partial charge < -0.3 is 10.6 Å². The van der Waals surface area contributed by atoms with Crippen molar-refractivity contribution in [1.29, 1.82) is 0 Å². The van der Waals surface area contributed by atoms with Gasteiger partial charge in [0.05, 0.1) is 0 Å². The number of pyridine rings is 1. The number of aryl methyl sites for hydroxylation is 2. The molecular formula is C22H27ClN6O8S2. The van der Waals surface area contributed by atoms with Crippen molar-refractivity contribution in [1.82, 2.24) is 15.5 Å². The monoisotopic (exact) mass is 602 g/mol. The molecule has 14 nitrogen and oxygen atoms in total. The number of nitrogens with zero attached hydrogens (tertiary/aromatic N) is 3. The number of anilines is 1. The molecule has 3 rings (SSSR count). The number of primary sulfonamides is 1. The van der Waals surface area contributed by atoms with Gasteiger partial charge in [-0.25, -0.2) is 32.2 Å². The second-order valence-electron chi connectivity index (χ2n) is 7.83. The molecule has 2 heterocycles. The minimum Gasteiger partial charge on any atom is -0.350 e. The summed E-state index contributed by atoms with van der Waals surface area (Å²) >= 11 is 0.660. The Balaban J connectivity index is 0.000000976. The van der Waals surface area contributed by atoms with Crippen LogP contribution in [0.15, 0.2) is 46.8 Å². The SMILES string of the molecule is CCc1cc(-c2ccccc2)cc(CC)[n+]1CC(=O)NCCC(=O)Nc1nnc(S(N)(=O)=O)s1.[O-][Cl+3]([O-])([O-])[O-]. The quantitative estimate of drug-likeness (QED) is 0.154. The van der Waals surface area contributed by atoms with Crippen LogP contribution in [0.4, 0.5) is 5.13 Å². The number of nitrogens with one attached hydrogen (secondary N) is 2. The number of carbonyl (C=O) groups is 2. The first-order valence-electron chi connectivity index (χ1n) is 11.4. The fourth-order valence-corrected chi connectivity index (χ4v) is 4.75. The number of carbonyl (C=O) groups excluding carboxylic acids is 2. The van der Waals surface area contributed by atoms with E-state index in [1.54, 1.807) is 0 Å². The van der Waals surface area contributed by atoms with Crippen molar-refractivity contribution in [2.24, 2.45) is 5.14 Å². The van der Waals surface area contributed by atoms with E-state index in [1.165, 1.54) is 0 Å². The van der Waals surface area contributed by atoms with Crippen molar-refractivity contribution < 1.29 is 51.5 Å². The summed E-state index contributed by atoms with van der Waals surface area (Å²) in [4.78, 5) is 24.7. The molecule has 0 radical (unpaired) electrons. The van der Waals surface area contributed by atoms with Gasteiger partial charge >= 0.3 is 0 Å². The summed E-state index contributed by atoms with van der Waals surface area (Å²) in [5, 5.41) is 17.2. The average Bonchev–Trinajstić information content (AvgIpc) is 3.32. The average molecular weight is 603 g/mol. The molecular weight excluding hydrogens is 576 g/mol. The van der Waals surface area contributed by atoms with Crippen molar-refractivity contribution in [3.8, 4) is 11.1 Å². The summed E-state index contributed by atoms with van der Waals surface area (Å²) in [7, 11) is -8.92. The second kappa shape index (κ2) is 14.3. The van der Waals surface area contributed by atoms with Crippen LogP contribution < -0.4 is 39.0 Å². The van der Waals surface area contributed by atoms with Gasteiger partial charge in [0.1, 0.15) is 0 Å². The Bertz CT molecular complexity index is 1350. The summed E-state index contributed by atoms with van der Waals surface area (Å²) in [5.74, 6) is -0.636. The van der Waals surface area contributed by atoms with Gasteiger partial charge in [-0.05, 0) is 11.1 Å². The molecule has 4 N–H and O–H groups in total. The molecule has 2 amide bonds. The van der Waals surface area contributed by atoms with Gasteiger partial charge in [0.2, 0.25) is 21.9 Å². The van der Waals surface area contributed by atoms with Gasteiger partial charge in [-0.2, -0.15) is 4.57 Å². The molecule has 0 aliphatic heterocycles. The summed E-state index contributed by atoms with van der Waals surface area (Å²) in [6.45, 7) is 4.38. The van der Waals surface area contributed by atoms with Crippen LogP contribution >= 0.6 is 11.3 Å². The van der Waals surface area contributed by atoms with Crippen LogP contribution in [0.5, 0.6) is 0 Å². The van der Waals surface area contributed by atoms with Crippen molar-refractivity contribution in [2.75, 3.05) is 11.9 Å². The van der Waals surface area contributed by atoms with Gasteiger partial charge in [-0.15, -0.1) is 20.4 Å². The Kier molecular flexibility index (Phi) is 11.8. The topological polar surface area (TPSA) is 240 Å². The number of halogens is 1. The van der Waals surface area contributed by atoms with Gasteiger partial charge in [0, 0.05) is 37.9 Å². The molecule has 0 bridgehead atoms. The number of hydrogen-bond donors (Lipinski definition) is 3. The number of nitrogens with two attached hydrogens (primary N) is 1. The molecule has 0 aliphatic carbocycles. The number of amides is 2. The van der Waals surface area contributed by atoms with E-state index in [-0.39, 0.29) is 34.9 Å². The van der Waals surface area contributed by atoms with Crippen LogP contribution in [0, 0.1) is 10.2 Å². The maximum Gasteiger partial charge on any atom is 0.286 e. The van der Waals surface area contributed by atoms with E-state index in [9.17, 15) is 18.0 Å². The number of rotatable bonds is 10. The molecule has 0 fully saturated rings. The van der Waals surface area contributed by atoms with E-state index in [4.69, 9.17) is 23.8 Å². The molecule has 0 aliphatic rings. The van der Waals surface area contributed by atoms with Crippen molar-refractivity contribution >= 4 is 38.3 Å². The molecule has 3 aromatic rings. The normalized spacial score (nSPS) is 11.4. The Morgan fingerprint density at radius 3 is 2.03 bits per heavy atom. The van der Waals surface area contributed by atoms with E-state index in [0.717, 1.165) is 35.4 Å². The van der Waals surface area contributed by atoms with Crippen LogP contribution in [-0.4, -0.2) is 37.0 Å². The first kappa shape index (κ1) is 32.1. The minimum absolute atomic E-state index is 0.00505. The molecule has 0 unspecified atom stereocenters. The number of hydrogen-bond acceptors (Lipinski definition) is 11. The molecule has 0 saturated heterocycles. The van der Waals surface area contributed by atoms with E-state index in [1.807, 2.05) is 22.8 Å². The maximum atomic E-state index is 12.6. The lowest BCUT2D eigenvalue weighted by Crippen LogP contribution is -2.68. The van der Waals surface area contributed by atoms with Crippen LogP contribution in [0.2, 0.25) is 0 Å². The maximum absolute atomic E-state index is 12.6. The first-order chi connectivity index (χ1) is 18.2. The number of sulfonamides is 1. The molecule has 39 heavy (non-hydrogen) atoms. The molecule has 0 atom stereocenters. The fraction of sp³-hybridized carbons (Fsp3) is 0.318. The van der Waals surface area contributed by atoms with E-state index < -0.39 is 26.2 Å². The molecule has 212 valence electrons. The lowest BCUT2D eigenvalue weighted by atomic mass is 10.0. The van der Waals surface area contributed by atoms with Gasteiger partial charge in [-0.1, -0.05) is 55.5 Å². The van der Waals surface area contributed by atoms with Crippen molar-refractivity contribution in [3.05, 3.63) is 53.9 Å². The van der Waals surface area contributed by atoms with Gasteiger partial charge in [0.15, 0.2) is 11.4 Å².